The van der Waals surface area contributed by atoms with E-state index >= 15 is 0 Å². The van der Waals surface area contributed by atoms with E-state index in [1.54, 1.807) is 42.7 Å². The Morgan fingerprint density at radius 1 is 0.697 bits per heavy atom. The van der Waals surface area contributed by atoms with Crippen LogP contribution < -0.4 is 25.6 Å². The van der Waals surface area contributed by atoms with Gasteiger partial charge in [-0.05, 0) is 119 Å². The molecule has 2 atom stereocenters. The molecule has 4 aromatic rings. The smallest absolute Gasteiger partial charge is 0.408 e. The van der Waals surface area contributed by atoms with Crippen LogP contribution in [0.1, 0.15) is 69.2 Å². The molecule has 0 saturated carbocycles. The number of benzene rings is 4. The largest absolute Gasteiger partial charge is 0.493 e. The Morgan fingerprint density at radius 3 is 1.95 bits per heavy atom. The fraction of sp³-hybridized carbons (Fsp3) is 0.491. The average Bonchev–Trinajstić information content (AvgIpc) is 3.42. The maximum absolute atomic E-state index is 14.9. The molecule has 0 bridgehead atoms. The Morgan fingerprint density at radius 2 is 1.32 bits per heavy atom. The van der Waals surface area contributed by atoms with Gasteiger partial charge >= 0.3 is 18.3 Å². The van der Waals surface area contributed by atoms with Gasteiger partial charge in [0.25, 0.3) is 0 Å². The zero-order valence-corrected chi connectivity index (χ0v) is 45.0. The number of halogens is 2. The second-order valence-corrected chi connectivity index (χ2v) is 20.9. The first-order valence-corrected chi connectivity index (χ1v) is 26.9. The van der Waals surface area contributed by atoms with Crippen molar-refractivity contribution in [3.63, 3.8) is 0 Å². The lowest BCUT2D eigenvalue weighted by atomic mass is 9.88. The zero-order chi connectivity index (χ0) is 54.0. The number of hydrogen-bond acceptors (Lipinski definition) is 12. The van der Waals surface area contributed by atoms with E-state index in [0.717, 1.165) is 28.9 Å². The molecule has 0 aromatic heterocycles. The van der Waals surface area contributed by atoms with E-state index in [1.807, 2.05) is 85.8 Å². The molecule has 5 amide bonds. The van der Waals surface area contributed by atoms with Gasteiger partial charge in [0.05, 0.1) is 6.61 Å². The predicted molar refractivity (Wildman–Crippen MR) is 288 cm³/mol. The summed E-state index contributed by atoms with van der Waals surface area (Å²) in [6, 6.07) is 27.7. The van der Waals surface area contributed by atoms with E-state index in [1.165, 1.54) is 6.07 Å². The van der Waals surface area contributed by atoms with Crippen LogP contribution in [0.4, 0.5) is 24.5 Å². The molecule has 3 fully saturated rings. The second-order valence-electron chi connectivity index (χ2n) is 20.4. The lowest BCUT2D eigenvalue weighted by Gasteiger charge is -2.40. The van der Waals surface area contributed by atoms with E-state index in [-0.39, 0.29) is 49.7 Å². The number of amides is 5. The van der Waals surface area contributed by atoms with Crippen LogP contribution in [0, 0.1) is 11.7 Å². The first-order chi connectivity index (χ1) is 36.6. The van der Waals surface area contributed by atoms with Gasteiger partial charge in [0.2, 0.25) is 11.8 Å². The minimum Gasteiger partial charge on any atom is -0.493 e. The third-order valence-electron chi connectivity index (χ3n) is 13.9. The van der Waals surface area contributed by atoms with Crippen LogP contribution in [0.3, 0.4) is 0 Å². The maximum Gasteiger partial charge on any atom is 0.408 e. The number of carbonyl (C=O) groups is 5. The number of anilines is 1. The molecule has 0 spiro atoms. The summed E-state index contributed by atoms with van der Waals surface area (Å²) in [6.07, 6.45) is 0.192. The third kappa shape index (κ3) is 17.2. The van der Waals surface area contributed by atoms with Crippen LogP contribution >= 0.6 is 11.6 Å². The van der Waals surface area contributed by atoms with Crippen molar-refractivity contribution in [2.75, 3.05) is 90.0 Å². The summed E-state index contributed by atoms with van der Waals surface area (Å²) >= 11 is 6.61. The molecule has 17 nitrogen and oxygen atoms in total. The zero-order valence-electron chi connectivity index (χ0n) is 44.3. The number of likely N-dealkylation sites (tertiary alicyclic amines) is 1. The van der Waals surface area contributed by atoms with Crippen molar-refractivity contribution in [3.8, 4) is 5.75 Å². The molecule has 3 heterocycles. The van der Waals surface area contributed by atoms with Crippen LogP contribution in [0.25, 0.3) is 0 Å². The number of hydrogen-bond donors (Lipinski definition) is 3. The van der Waals surface area contributed by atoms with Gasteiger partial charge in [0.15, 0.2) is 0 Å². The maximum atomic E-state index is 14.9. The molecule has 76 heavy (non-hydrogen) atoms. The minimum absolute atomic E-state index is 0.0759. The van der Waals surface area contributed by atoms with Crippen LogP contribution in [-0.2, 0) is 50.0 Å². The van der Waals surface area contributed by atoms with Crippen LogP contribution in [0.15, 0.2) is 97.1 Å². The van der Waals surface area contributed by atoms with Gasteiger partial charge < -0.3 is 54.5 Å². The quantitative estimate of drug-likeness (QED) is 0.0740. The fourth-order valence-electron chi connectivity index (χ4n) is 9.84. The number of carbonyl (C=O) groups excluding carboxylic acids is 5. The van der Waals surface area contributed by atoms with Crippen molar-refractivity contribution in [1.29, 1.82) is 0 Å². The first-order valence-electron chi connectivity index (χ1n) is 26.5. The van der Waals surface area contributed by atoms with Crippen LogP contribution in [0.2, 0.25) is 5.02 Å². The summed E-state index contributed by atoms with van der Waals surface area (Å²) in [6.45, 7) is 14.2. The van der Waals surface area contributed by atoms with E-state index in [4.69, 9.17) is 30.5 Å². The van der Waals surface area contributed by atoms with E-state index < -0.39 is 36.0 Å². The molecule has 3 N–H and O–H groups in total. The second kappa shape index (κ2) is 27.9. The number of rotatable bonds is 20. The number of piperazine rings is 2. The van der Waals surface area contributed by atoms with Gasteiger partial charge in [-0.15, -0.1) is 0 Å². The Hall–Kier alpha value is -6.63. The summed E-state index contributed by atoms with van der Waals surface area (Å²) in [5, 5.41) is 9.02. The molecule has 3 aliphatic rings. The van der Waals surface area contributed by atoms with Crippen molar-refractivity contribution in [1.82, 2.24) is 35.6 Å². The number of nitrogens with zero attached hydrogens (tertiary/aromatic N) is 5. The molecule has 0 aliphatic carbocycles. The van der Waals surface area contributed by atoms with Crippen molar-refractivity contribution in [3.05, 3.63) is 130 Å². The standard InChI is InChI=1S/C57H74ClFN8O9/c1-5-73-50-18-12-17-47(59)46(50)38-64-29-31-67(32-30-64)53(69)51(62-55(71)75-40-42-15-10-7-11-16-42)43-22-26-63(27-23-43)28-24-44-37-45(58)19-20-49(44)65-33-35-66(36-34-65)52(68)48(61-56(72)76-57(2,3)4)21-25-60-54(70)74-39-41-13-8-6-9-14-41/h6-20,37,43,48,51H,5,21-36,38-40H2,1-4H3,(H,60,70)(H,61,72)(H,62,71)/t48-,51+/m0/s1. The van der Waals surface area contributed by atoms with Crippen molar-refractivity contribution >= 4 is 47.4 Å². The van der Waals surface area contributed by atoms with Crippen LogP contribution in [0.5, 0.6) is 5.75 Å². The highest BCUT2D eigenvalue weighted by Crippen LogP contribution is 2.29. The molecule has 3 saturated heterocycles. The number of nitrogens with one attached hydrogen (secondary N) is 3. The summed E-state index contributed by atoms with van der Waals surface area (Å²) in [4.78, 5) is 77.6. The van der Waals surface area contributed by atoms with Crippen LogP contribution in [-0.4, -0.2) is 153 Å². The summed E-state index contributed by atoms with van der Waals surface area (Å²) in [5.41, 5.74) is 3.50. The summed E-state index contributed by atoms with van der Waals surface area (Å²) in [7, 11) is 0. The molecule has 7 rings (SSSR count). The third-order valence-corrected chi connectivity index (χ3v) is 14.1. The van der Waals surface area contributed by atoms with Crippen molar-refractivity contribution in [2.45, 2.75) is 90.8 Å². The van der Waals surface area contributed by atoms with Crippen molar-refractivity contribution < 1.29 is 47.3 Å². The Balaban J connectivity index is 0.924. The predicted octanol–water partition coefficient (Wildman–Crippen LogP) is 7.63. The SMILES string of the molecule is CCOc1cccc(F)c1CN1CCN(C(=O)[C@H](NC(=O)OCc2ccccc2)C2CCN(CCc3cc(Cl)ccc3N3CCN(C(=O)[C@H](CCNC(=O)OCc4ccccc4)NC(=O)OC(C)(C)C)CC3)CC2)CC1. The molecular formula is C57H74ClFN8O9. The topological polar surface area (TPSA) is 175 Å². The summed E-state index contributed by atoms with van der Waals surface area (Å²) in [5.74, 6) is -0.353. The molecular weight excluding hydrogens is 995 g/mol. The van der Waals surface area contributed by atoms with Gasteiger partial charge in [-0.1, -0.05) is 78.3 Å². The number of ether oxygens (including phenoxy) is 4. The lowest BCUT2D eigenvalue weighted by Crippen LogP contribution is -2.58. The highest BCUT2D eigenvalue weighted by molar-refractivity contribution is 6.30. The van der Waals surface area contributed by atoms with Gasteiger partial charge in [-0.2, -0.15) is 0 Å². The van der Waals surface area contributed by atoms with Gasteiger partial charge in [-0.25, -0.2) is 18.8 Å². The molecule has 4 aromatic carbocycles. The molecule has 410 valence electrons. The van der Waals surface area contributed by atoms with Gasteiger partial charge in [-0.3, -0.25) is 14.5 Å². The molecule has 3 aliphatic heterocycles. The highest BCUT2D eigenvalue weighted by atomic mass is 35.5. The van der Waals surface area contributed by atoms with E-state index in [2.05, 4.69) is 30.7 Å². The Labute approximate surface area is 451 Å². The van der Waals surface area contributed by atoms with Gasteiger partial charge in [0, 0.05) is 88.3 Å². The Bertz CT molecular complexity index is 2530. The number of piperidine rings is 1. The Kier molecular flexibility index (Phi) is 21.0. The monoisotopic (exact) mass is 1070 g/mol. The minimum atomic E-state index is -0.951. The lowest BCUT2D eigenvalue weighted by molar-refractivity contribution is -0.137. The molecule has 19 heteroatoms. The first kappa shape index (κ1) is 57.1. The van der Waals surface area contributed by atoms with E-state index in [0.29, 0.717) is 114 Å². The summed E-state index contributed by atoms with van der Waals surface area (Å²) < 4.78 is 37.1. The fourth-order valence-corrected chi connectivity index (χ4v) is 10.0. The van der Waals surface area contributed by atoms with Gasteiger partial charge in [0.1, 0.15) is 42.5 Å². The highest BCUT2D eigenvalue weighted by Gasteiger charge is 2.37. The average molecular weight is 1070 g/mol. The normalized spacial score (nSPS) is 16.5. The number of alkyl carbamates (subject to hydrolysis) is 3. The molecule has 0 radical (unpaired) electrons. The molecule has 0 unspecified atom stereocenters. The van der Waals surface area contributed by atoms with E-state index in [9.17, 15) is 28.4 Å². The van der Waals surface area contributed by atoms with Crippen molar-refractivity contribution in [2.24, 2.45) is 5.92 Å².